The molecule has 0 saturated carbocycles. The van der Waals surface area contributed by atoms with Crippen LogP contribution in [0.5, 0.6) is 0 Å². The predicted octanol–water partition coefficient (Wildman–Crippen LogP) is 3.59. The highest BCUT2D eigenvalue weighted by atomic mass is 19.2. The van der Waals surface area contributed by atoms with Crippen LogP contribution in [0.25, 0.3) is 0 Å². The van der Waals surface area contributed by atoms with Crippen molar-refractivity contribution in [1.29, 1.82) is 0 Å². The van der Waals surface area contributed by atoms with Gasteiger partial charge in [-0.05, 0) is 11.3 Å². The van der Waals surface area contributed by atoms with Gasteiger partial charge in [0.25, 0.3) is 5.95 Å². The zero-order valence-electron chi connectivity index (χ0n) is 10.4. The zero-order chi connectivity index (χ0) is 13.2. The third kappa shape index (κ3) is 3.35. The molecule has 2 nitrogen and oxygen atoms in total. The Morgan fingerprint density at radius 3 is 2.35 bits per heavy atom. The number of aromatic nitrogens is 1. The van der Waals surface area contributed by atoms with E-state index in [1.165, 1.54) is 0 Å². The first kappa shape index (κ1) is 13.8. The van der Waals surface area contributed by atoms with Crippen molar-refractivity contribution in [2.45, 2.75) is 27.7 Å². The average Bonchev–Trinajstić information content (AvgIpc) is 2.21. The van der Waals surface area contributed by atoms with E-state index in [2.05, 4.69) is 10.3 Å². The Labute approximate surface area is 99.3 Å². The van der Waals surface area contributed by atoms with Gasteiger partial charge in [0.15, 0.2) is 17.5 Å². The van der Waals surface area contributed by atoms with Crippen molar-refractivity contribution in [3.05, 3.63) is 23.6 Å². The van der Waals surface area contributed by atoms with E-state index in [-0.39, 0.29) is 11.2 Å². The molecule has 0 saturated heterocycles. The van der Waals surface area contributed by atoms with Crippen LogP contribution in [0.2, 0.25) is 0 Å². The summed E-state index contributed by atoms with van der Waals surface area (Å²) in [5.41, 5.74) is -0.0982. The summed E-state index contributed by atoms with van der Waals surface area (Å²) in [7, 11) is 0. The van der Waals surface area contributed by atoms with Gasteiger partial charge < -0.3 is 5.32 Å². The third-order valence-corrected chi connectivity index (χ3v) is 3.16. The molecule has 1 N–H and O–H groups in total. The lowest BCUT2D eigenvalue weighted by Gasteiger charge is -2.29. The van der Waals surface area contributed by atoms with E-state index in [4.69, 9.17) is 0 Å². The fraction of sp³-hybridized carbons (Fsp3) is 0.583. The highest BCUT2D eigenvalue weighted by molar-refractivity contribution is 5.36. The van der Waals surface area contributed by atoms with Crippen LogP contribution in [-0.4, -0.2) is 11.5 Å². The summed E-state index contributed by atoms with van der Waals surface area (Å²) in [5.74, 6) is -3.35. The summed E-state index contributed by atoms with van der Waals surface area (Å²) in [4.78, 5) is 3.21. The maximum Gasteiger partial charge on any atom is 0.251 e. The van der Waals surface area contributed by atoms with Crippen molar-refractivity contribution in [3.63, 3.8) is 0 Å². The molecule has 0 radical (unpaired) electrons. The SMILES string of the molecule is CC(C)C(C)(C)CNc1nc(F)c(F)cc1F. The smallest absolute Gasteiger partial charge is 0.251 e. The molecule has 0 unspecified atom stereocenters. The number of hydrogen-bond donors (Lipinski definition) is 1. The molecule has 96 valence electrons. The first-order valence-corrected chi connectivity index (χ1v) is 5.49. The lowest BCUT2D eigenvalue weighted by atomic mass is 9.81. The Kier molecular flexibility index (Phi) is 4.01. The summed E-state index contributed by atoms with van der Waals surface area (Å²) < 4.78 is 38.8. The Morgan fingerprint density at radius 1 is 1.24 bits per heavy atom. The van der Waals surface area contributed by atoms with Gasteiger partial charge in [0.2, 0.25) is 0 Å². The lowest BCUT2D eigenvalue weighted by molar-refractivity contribution is 0.269. The molecule has 5 heteroatoms. The van der Waals surface area contributed by atoms with Gasteiger partial charge in [-0.1, -0.05) is 27.7 Å². The van der Waals surface area contributed by atoms with Gasteiger partial charge in [-0.25, -0.2) is 8.78 Å². The van der Waals surface area contributed by atoms with Crippen LogP contribution in [-0.2, 0) is 0 Å². The minimum Gasteiger partial charge on any atom is -0.367 e. The number of hydrogen-bond acceptors (Lipinski definition) is 2. The summed E-state index contributed by atoms with van der Waals surface area (Å²) >= 11 is 0. The van der Waals surface area contributed by atoms with Gasteiger partial charge in [0, 0.05) is 12.6 Å². The molecule has 1 heterocycles. The molecule has 0 aliphatic rings. The Bertz CT molecular complexity index is 403. The first-order chi connectivity index (χ1) is 7.74. The number of nitrogens with zero attached hydrogens (tertiary/aromatic N) is 1. The van der Waals surface area contributed by atoms with Crippen LogP contribution >= 0.6 is 0 Å². The van der Waals surface area contributed by atoms with Crippen LogP contribution < -0.4 is 5.32 Å². The number of halogens is 3. The van der Waals surface area contributed by atoms with E-state index in [0.717, 1.165) is 0 Å². The summed E-state index contributed by atoms with van der Waals surface area (Å²) in [6, 6.07) is 0.493. The van der Waals surface area contributed by atoms with Gasteiger partial charge in [-0.2, -0.15) is 9.37 Å². The van der Waals surface area contributed by atoms with Crippen molar-refractivity contribution in [2.24, 2.45) is 11.3 Å². The minimum absolute atomic E-state index is 0.0982. The Morgan fingerprint density at radius 2 is 1.82 bits per heavy atom. The topological polar surface area (TPSA) is 24.9 Å². The van der Waals surface area contributed by atoms with E-state index >= 15 is 0 Å². The molecule has 0 spiro atoms. The van der Waals surface area contributed by atoms with Gasteiger partial charge in [-0.3, -0.25) is 0 Å². The minimum atomic E-state index is -1.30. The van der Waals surface area contributed by atoms with Gasteiger partial charge >= 0.3 is 0 Å². The van der Waals surface area contributed by atoms with Gasteiger partial charge in [0.05, 0.1) is 0 Å². The van der Waals surface area contributed by atoms with E-state index in [1.54, 1.807) is 0 Å². The molecule has 1 aromatic heterocycles. The molecular formula is C12H17F3N2. The first-order valence-electron chi connectivity index (χ1n) is 5.49. The van der Waals surface area contributed by atoms with E-state index in [9.17, 15) is 13.2 Å². The fourth-order valence-electron chi connectivity index (χ4n) is 1.08. The molecule has 1 aromatic rings. The molecule has 0 bridgehead atoms. The van der Waals surface area contributed by atoms with Crippen molar-refractivity contribution in [1.82, 2.24) is 4.98 Å². The molecule has 0 aromatic carbocycles. The monoisotopic (exact) mass is 246 g/mol. The van der Waals surface area contributed by atoms with Gasteiger partial charge in [-0.15, -0.1) is 0 Å². The van der Waals surface area contributed by atoms with Crippen molar-refractivity contribution >= 4 is 5.82 Å². The summed E-state index contributed by atoms with van der Waals surface area (Å²) in [6.45, 7) is 8.51. The van der Waals surface area contributed by atoms with Crippen LogP contribution in [0.1, 0.15) is 27.7 Å². The predicted molar refractivity (Wildman–Crippen MR) is 61.2 cm³/mol. The molecule has 17 heavy (non-hydrogen) atoms. The third-order valence-electron chi connectivity index (χ3n) is 3.16. The molecule has 1 rings (SSSR count). The molecule has 0 aliphatic carbocycles. The highest BCUT2D eigenvalue weighted by Crippen LogP contribution is 2.26. The quantitative estimate of drug-likeness (QED) is 0.821. The van der Waals surface area contributed by atoms with E-state index in [0.29, 0.717) is 18.5 Å². The van der Waals surface area contributed by atoms with E-state index in [1.807, 2.05) is 27.7 Å². The van der Waals surface area contributed by atoms with Crippen LogP contribution in [0.4, 0.5) is 19.0 Å². The highest BCUT2D eigenvalue weighted by Gasteiger charge is 2.23. The molecule has 0 amide bonds. The summed E-state index contributed by atoms with van der Waals surface area (Å²) in [5, 5.41) is 2.71. The van der Waals surface area contributed by atoms with Gasteiger partial charge in [0.1, 0.15) is 0 Å². The van der Waals surface area contributed by atoms with Crippen LogP contribution in [0.3, 0.4) is 0 Å². The molecule has 0 aliphatic heterocycles. The number of pyridine rings is 1. The maximum absolute atomic E-state index is 13.3. The summed E-state index contributed by atoms with van der Waals surface area (Å²) in [6.07, 6.45) is 0. The van der Waals surface area contributed by atoms with E-state index < -0.39 is 17.6 Å². The van der Waals surface area contributed by atoms with Crippen molar-refractivity contribution < 1.29 is 13.2 Å². The second-order valence-corrected chi connectivity index (χ2v) is 5.09. The van der Waals surface area contributed by atoms with Crippen molar-refractivity contribution in [3.8, 4) is 0 Å². The fourth-order valence-corrected chi connectivity index (χ4v) is 1.08. The second kappa shape index (κ2) is 4.94. The van der Waals surface area contributed by atoms with Crippen LogP contribution in [0, 0.1) is 28.9 Å². The normalized spacial score (nSPS) is 12.0. The molecule has 0 atom stereocenters. The number of rotatable bonds is 4. The standard InChI is InChI=1S/C12H17F3N2/c1-7(2)12(3,4)6-16-11-9(14)5-8(13)10(15)17-11/h5,7H,6H2,1-4H3,(H,16,17). The van der Waals surface area contributed by atoms with Crippen molar-refractivity contribution in [2.75, 3.05) is 11.9 Å². The lowest BCUT2D eigenvalue weighted by Crippen LogP contribution is -2.29. The number of anilines is 1. The molecular weight excluding hydrogens is 229 g/mol. The largest absolute Gasteiger partial charge is 0.367 e. The average molecular weight is 246 g/mol. The number of nitrogens with one attached hydrogen (secondary N) is 1. The maximum atomic E-state index is 13.3. The Balaban J connectivity index is 2.80. The van der Waals surface area contributed by atoms with Crippen LogP contribution in [0.15, 0.2) is 6.07 Å². The molecule has 0 fully saturated rings. The Hall–Kier alpha value is -1.26. The second-order valence-electron chi connectivity index (χ2n) is 5.09. The zero-order valence-corrected chi connectivity index (χ0v) is 10.4.